The van der Waals surface area contributed by atoms with Crippen molar-refractivity contribution in [3.05, 3.63) is 65.2 Å². The Morgan fingerprint density at radius 3 is 1.90 bits per heavy atom. The Bertz CT molecular complexity index is 1050. The maximum absolute atomic E-state index is 12.6. The molecule has 2 heterocycles. The van der Waals surface area contributed by atoms with Gasteiger partial charge in [0.05, 0.1) is 19.0 Å². The highest BCUT2D eigenvalue weighted by atomic mass is 16.5. The number of aromatic hydroxyl groups is 1. The maximum Gasteiger partial charge on any atom is 0.335 e. The molecule has 0 amide bonds. The quantitative estimate of drug-likeness (QED) is 0.632. The number of aromatic nitrogens is 2. The number of imidazole rings is 1. The fourth-order valence-corrected chi connectivity index (χ4v) is 4.04. The summed E-state index contributed by atoms with van der Waals surface area (Å²) in [4.78, 5) is 17.4. The summed E-state index contributed by atoms with van der Waals surface area (Å²) >= 11 is 0. The first-order chi connectivity index (χ1) is 15.1. The van der Waals surface area contributed by atoms with Crippen LogP contribution in [0.25, 0.3) is 5.69 Å². The zero-order valence-electron chi connectivity index (χ0n) is 18.2. The minimum atomic E-state index is -0.202. The molecule has 7 heteroatoms. The van der Waals surface area contributed by atoms with Gasteiger partial charge >= 0.3 is 5.69 Å². The number of hydrogen-bond donors (Lipinski definition) is 1. The van der Waals surface area contributed by atoms with E-state index in [4.69, 9.17) is 4.74 Å². The lowest BCUT2D eigenvalue weighted by atomic mass is 10.2. The monoisotopic (exact) mass is 422 g/mol. The number of anilines is 2. The third kappa shape index (κ3) is 4.40. The van der Waals surface area contributed by atoms with Crippen LogP contribution < -0.4 is 20.2 Å². The van der Waals surface area contributed by atoms with E-state index in [1.54, 1.807) is 11.7 Å². The molecule has 1 aliphatic heterocycles. The lowest BCUT2D eigenvalue weighted by Gasteiger charge is -2.37. The number of piperazine rings is 1. The van der Waals surface area contributed by atoms with Crippen LogP contribution in [-0.4, -0.2) is 47.5 Å². The highest BCUT2D eigenvalue weighted by Gasteiger charge is 2.18. The molecule has 0 atom stereocenters. The van der Waals surface area contributed by atoms with Crippen molar-refractivity contribution in [1.82, 2.24) is 9.13 Å². The van der Waals surface area contributed by atoms with Gasteiger partial charge in [-0.25, -0.2) is 9.36 Å². The number of nitrogens with zero attached hydrogens (tertiary/aromatic N) is 4. The second kappa shape index (κ2) is 9.20. The van der Waals surface area contributed by atoms with Crippen molar-refractivity contribution in [1.29, 1.82) is 0 Å². The van der Waals surface area contributed by atoms with Gasteiger partial charge in [0.2, 0.25) is 5.88 Å². The Balaban J connectivity index is 1.42. The zero-order chi connectivity index (χ0) is 21.8. The molecule has 1 fully saturated rings. The van der Waals surface area contributed by atoms with Crippen LogP contribution in [0.2, 0.25) is 0 Å². The second-order valence-corrected chi connectivity index (χ2v) is 7.84. The lowest BCUT2D eigenvalue weighted by Crippen LogP contribution is -2.46. The van der Waals surface area contributed by atoms with Crippen molar-refractivity contribution in [2.24, 2.45) is 0 Å². The summed E-state index contributed by atoms with van der Waals surface area (Å²) in [7, 11) is 1.68. The van der Waals surface area contributed by atoms with Gasteiger partial charge in [0, 0.05) is 44.1 Å². The van der Waals surface area contributed by atoms with Gasteiger partial charge in [0.15, 0.2) is 0 Å². The fourth-order valence-electron chi connectivity index (χ4n) is 4.04. The van der Waals surface area contributed by atoms with Crippen LogP contribution in [0.4, 0.5) is 11.4 Å². The van der Waals surface area contributed by atoms with Crippen molar-refractivity contribution in [3.63, 3.8) is 0 Å². The number of aryl methyl sites for hydroxylation is 1. The van der Waals surface area contributed by atoms with Gasteiger partial charge in [-0.2, -0.15) is 0 Å². The standard InChI is InChI=1S/C24H30N4O3/c1-3-4-13-27-18-23(29)28(24(27)30)21-7-5-19(6-8-21)25-14-16-26(17-15-25)20-9-11-22(31-2)12-10-20/h5-12,18,29H,3-4,13-17H2,1-2H3. The molecule has 2 aromatic carbocycles. The number of rotatable bonds is 7. The molecule has 1 N–H and O–H groups in total. The van der Waals surface area contributed by atoms with E-state index < -0.39 is 0 Å². The minimum absolute atomic E-state index is 0.0260. The van der Waals surface area contributed by atoms with E-state index in [-0.39, 0.29) is 11.6 Å². The molecular formula is C24H30N4O3. The van der Waals surface area contributed by atoms with Gasteiger partial charge in [0.1, 0.15) is 5.75 Å². The maximum atomic E-state index is 12.6. The summed E-state index contributed by atoms with van der Waals surface area (Å²) < 4.78 is 8.18. The van der Waals surface area contributed by atoms with E-state index in [1.165, 1.54) is 16.5 Å². The number of ether oxygens (including phenoxy) is 1. The van der Waals surface area contributed by atoms with Gasteiger partial charge in [0.25, 0.3) is 0 Å². The van der Waals surface area contributed by atoms with Crippen LogP contribution in [0, 0.1) is 0 Å². The summed E-state index contributed by atoms with van der Waals surface area (Å²) in [5.41, 5.74) is 2.81. The summed E-state index contributed by atoms with van der Waals surface area (Å²) in [6, 6.07) is 16.0. The summed E-state index contributed by atoms with van der Waals surface area (Å²) in [6.07, 6.45) is 3.42. The van der Waals surface area contributed by atoms with Gasteiger partial charge in [-0.3, -0.25) is 4.57 Å². The number of benzene rings is 2. The molecule has 1 saturated heterocycles. The molecule has 0 bridgehead atoms. The van der Waals surface area contributed by atoms with Gasteiger partial charge < -0.3 is 19.6 Å². The molecule has 31 heavy (non-hydrogen) atoms. The van der Waals surface area contributed by atoms with E-state index in [0.717, 1.165) is 50.5 Å². The van der Waals surface area contributed by atoms with E-state index in [1.807, 2.05) is 36.4 Å². The highest BCUT2D eigenvalue weighted by Crippen LogP contribution is 2.24. The molecule has 0 spiro atoms. The molecule has 1 aliphatic rings. The minimum Gasteiger partial charge on any atom is -0.497 e. The SMILES string of the molecule is CCCCn1cc(O)n(-c2ccc(N3CCN(c4ccc(OC)cc4)CC3)cc2)c1=O. The normalized spacial score (nSPS) is 14.1. The van der Waals surface area contributed by atoms with Crippen molar-refractivity contribution in [3.8, 4) is 17.3 Å². The fraction of sp³-hybridized carbons (Fsp3) is 0.375. The third-order valence-electron chi connectivity index (χ3n) is 5.88. The summed E-state index contributed by atoms with van der Waals surface area (Å²) in [6.45, 7) is 6.42. The van der Waals surface area contributed by atoms with E-state index in [9.17, 15) is 9.90 Å². The molecule has 0 unspecified atom stereocenters. The first-order valence-electron chi connectivity index (χ1n) is 10.9. The molecule has 1 aromatic heterocycles. The Morgan fingerprint density at radius 2 is 1.39 bits per heavy atom. The van der Waals surface area contributed by atoms with Crippen LogP contribution in [0.3, 0.4) is 0 Å². The number of unbranched alkanes of at least 4 members (excludes halogenated alkanes) is 1. The van der Waals surface area contributed by atoms with E-state index >= 15 is 0 Å². The molecule has 0 saturated carbocycles. The summed E-state index contributed by atoms with van der Waals surface area (Å²) in [5, 5.41) is 10.3. The van der Waals surface area contributed by atoms with Crippen LogP contribution in [0.15, 0.2) is 59.5 Å². The Hall–Kier alpha value is -3.35. The molecule has 0 radical (unpaired) electrons. The Labute approximate surface area is 182 Å². The van der Waals surface area contributed by atoms with E-state index in [0.29, 0.717) is 12.2 Å². The Kier molecular flexibility index (Phi) is 6.21. The van der Waals surface area contributed by atoms with Crippen molar-refractivity contribution in [2.45, 2.75) is 26.3 Å². The lowest BCUT2D eigenvalue weighted by molar-refractivity contribution is 0.415. The van der Waals surface area contributed by atoms with Gasteiger partial charge in [-0.1, -0.05) is 13.3 Å². The smallest absolute Gasteiger partial charge is 0.335 e. The molecular weight excluding hydrogens is 392 g/mol. The third-order valence-corrected chi connectivity index (χ3v) is 5.88. The van der Waals surface area contributed by atoms with Gasteiger partial charge in [-0.05, 0) is 55.0 Å². The van der Waals surface area contributed by atoms with Gasteiger partial charge in [-0.15, -0.1) is 0 Å². The molecule has 7 nitrogen and oxygen atoms in total. The summed E-state index contributed by atoms with van der Waals surface area (Å²) in [5.74, 6) is 0.843. The second-order valence-electron chi connectivity index (χ2n) is 7.84. The first kappa shape index (κ1) is 20.9. The first-order valence-corrected chi connectivity index (χ1v) is 10.9. The molecule has 164 valence electrons. The van der Waals surface area contributed by atoms with Crippen LogP contribution >= 0.6 is 0 Å². The molecule has 0 aliphatic carbocycles. The van der Waals surface area contributed by atoms with Crippen LogP contribution in [0.1, 0.15) is 19.8 Å². The molecule has 4 rings (SSSR count). The van der Waals surface area contributed by atoms with Crippen LogP contribution in [0.5, 0.6) is 11.6 Å². The zero-order valence-corrected chi connectivity index (χ0v) is 18.2. The largest absolute Gasteiger partial charge is 0.497 e. The van der Waals surface area contributed by atoms with E-state index in [2.05, 4.69) is 28.9 Å². The van der Waals surface area contributed by atoms with Crippen molar-refractivity contribution >= 4 is 11.4 Å². The number of methoxy groups -OCH3 is 1. The predicted molar refractivity (Wildman–Crippen MR) is 124 cm³/mol. The average Bonchev–Trinajstić information content (AvgIpc) is 3.10. The topological polar surface area (TPSA) is 62.9 Å². The number of hydrogen-bond acceptors (Lipinski definition) is 5. The van der Waals surface area contributed by atoms with Crippen molar-refractivity contribution in [2.75, 3.05) is 43.1 Å². The predicted octanol–water partition coefficient (Wildman–Crippen LogP) is 3.48. The van der Waals surface area contributed by atoms with Crippen LogP contribution in [-0.2, 0) is 6.54 Å². The highest BCUT2D eigenvalue weighted by molar-refractivity contribution is 5.55. The molecule has 3 aromatic rings. The average molecular weight is 423 g/mol. The Morgan fingerprint density at radius 1 is 0.871 bits per heavy atom. The van der Waals surface area contributed by atoms with Crippen molar-refractivity contribution < 1.29 is 9.84 Å².